The fraction of sp³-hybridized carbons (Fsp3) is 0.0714. The minimum absolute atomic E-state index is 0.0700. The summed E-state index contributed by atoms with van der Waals surface area (Å²) < 4.78 is 28.0. The summed E-state index contributed by atoms with van der Waals surface area (Å²) in [6.45, 7) is 0. The van der Waals surface area contributed by atoms with Crippen LogP contribution in [-0.4, -0.2) is 5.78 Å². The van der Waals surface area contributed by atoms with Gasteiger partial charge in [-0.25, -0.2) is 8.78 Å². The van der Waals surface area contributed by atoms with E-state index in [2.05, 4.69) is 0 Å². The summed E-state index contributed by atoms with van der Waals surface area (Å²) in [6.07, 6.45) is 0.0883. The van der Waals surface area contributed by atoms with Crippen molar-refractivity contribution in [1.82, 2.24) is 0 Å². The first kappa shape index (κ1) is 12.4. The standard InChI is InChI=1S/C14H8F2OS2/c15-9-2-1-8(5-10(9)16)6-11(17)13-7-14-12(19-13)3-4-18-14/h1-5,7H,6H2. The Morgan fingerprint density at radius 1 is 1.05 bits per heavy atom. The van der Waals surface area contributed by atoms with Crippen molar-refractivity contribution in [3.63, 3.8) is 0 Å². The number of halogens is 2. The van der Waals surface area contributed by atoms with Gasteiger partial charge in [-0.1, -0.05) is 6.07 Å². The van der Waals surface area contributed by atoms with Crippen LogP contribution >= 0.6 is 22.7 Å². The van der Waals surface area contributed by atoms with Crippen LogP contribution in [0.5, 0.6) is 0 Å². The molecule has 0 radical (unpaired) electrons. The number of rotatable bonds is 3. The molecule has 0 saturated heterocycles. The number of thiophene rings is 2. The van der Waals surface area contributed by atoms with Crippen molar-refractivity contribution >= 4 is 37.9 Å². The Balaban J connectivity index is 1.84. The molecule has 0 atom stereocenters. The van der Waals surface area contributed by atoms with Crippen LogP contribution in [0.1, 0.15) is 15.2 Å². The Morgan fingerprint density at radius 2 is 1.89 bits per heavy atom. The lowest BCUT2D eigenvalue weighted by atomic mass is 10.1. The minimum Gasteiger partial charge on any atom is -0.293 e. The minimum atomic E-state index is -0.919. The normalized spacial score (nSPS) is 11.1. The number of fused-ring (bicyclic) bond motifs is 1. The highest BCUT2D eigenvalue weighted by molar-refractivity contribution is 7.27. The molecule has 2 heterocycles. The summed E-state index contributed by atoms with van der Waals surface area (Å²) in [5.74, 6) is -1.88. The van der Waals surface area contributed by atoms with Gasteiger partial charge in [-0.3, -0.25) is 4.79 Å². The van der Waals surface area contributed by atoms with Crippen LogP contribution in [0.4, 0.5) is 8.78 Å². The molecule has 0 saturated carbocycles. The number of Topliss-reactive ketones (excluding diaryl/α,β-unsaturated/α-hetero) is 1. The fourth-order valence-corrected chi connectivity index (χ4v) is 3.87. The van der Waals surface area contributed by atoms with Gasteiger partial charge < -0.3 is 0 Å². The lowest BCUT2D eigenvalue weighted by molar-refractivity contribution is 0.0997. The second-order valence-electron chi connectivity index (χ2n) is 4.11. The number of hydrogen-bond donors (Lipinski definition) is 0. The van der Waals surface area contributed by atoms with E-state index in [1.807, 2.05) is 17.5 Å². The quantitative estimate of drug-likeness (QED) is 0.642. The van der Waals surface area contributed by atoms with Gasteiger partial charge in [0.2, 0.25) is 0 Å². The summed E-state index contributed by atoms with van der Waals surface area (Å²) in [4.78, 5) is 12.7. The molecular weight excluding hydrogens is 286 g/mol. The monoisotopic (exact) mass is 294 g/mol. The number of carbonyl (C=O) groups excluding carboxylic acids is 1. The topological polar surface area (TPSA) is 17.1 Å². The van der Waals surface area contributed by atoms with Gasteiger partial charge in [0.1, 0.15) is 0 Å². The van der Waals surface area contributed by atoms with E-state index in [0.717, 1.165) is 21.5 Å². The molecule has 3 aromatic rings. The van der Waals surface area contributed by atoms with Gasteiger partial charge in [-0.15, -0.1) is 22.7 Å². The Labute approximate surface area is 116 Å². The predicted molar refractivity (Wildman–Crippen MR) is 74.1 cm³/mol. The molecule has 0 fully saturated rings. The van der Waals surface area contributed by atoms with Crippen molar-refractivity contribution in [2.24, 2.45) is 0 Å². The molecule has 2 aromatic heterocycles. The van der Waals surface area contributed by atoms with E-state index in [-0.39, 0.29) is 12.2 Å². The molecule has 0 amide bonds. The highest BCUT2D eigenvalue weighted by Crippen LogP contribution is 2.30. The van der Waals surface area contributed by atoms with Crippen molar-refractivity contribution in [1.29, 1.82) is 0 Å². The van der Waals surface area contributed by atoms with Gasteiger partial charge >= 0.3 is 0 Å². The van der Waals surface area contributed by atoms with Crippen molar-refractivity contribution in [3.8, 4) is 0 Å². The predicted octanol–water partition coefficient (Wildman–Crippen LogP) is 4.67. The van der Waals surface area contributed by atoms with Crippen molar-refractivity contribution in [3.05, 3.63) is 57.8 Å². The van der Waals surface area contributed by atoms with Gasteiger partial charge in [0, 0.05) is 15.8 Å². The summed E-state index contributed by atoms with van der Waals surface area (Å²) in [7, 11) is 0. The number of hydrogen-bond acceptors (Lipinski definition) is 3. The fourth-order valence-electron chi connectivity index (χ4n) is 1.83. The van der Waals surface area contributed by atoms with Gasteiger partial charge in [-0.2, -0.15) is 0 Å². The Hall–Kier alpha value is -1.59. The number of carbonyl (C=O) groups is 1. The highest BCUT2D eigenvalue weighted by atomic mass is 32.1. The molecule has 0 bridgehead atoms. The van der Waals surface area contributed by atoms with Crippen LogP contribution in [0, 0.1) is 11.6 Å². The molecule has 0 aliphatic carbocycles. The average Bonchev–Trinajstić information content (AvgIpc) is 2.94. The first-order valence-electron chi connectivity index (χ1n) is 5.57. The second kappa shape index (κ2) is 4.83. The molecule has 0 aliphatic rings. The molecule has 0 aliphatic heterocycles. The van der Waals surface area contributed by atoms with Crippen LogP contribution in [0.3, 0.4) is 0 Å². The zero-order chi connectivity index (χ0) is 13.4. The Kier molecular flexibility index (Phi) is 3.16. The van der Waals surface area contributed by atoms with Crippen LogP contribution < -0.4 is 0 Å². The summed E-state index contributed by atoms with van der Waals surface area (Å²) in [5, 5.41) is 1.98. The van der Waals surface area contributed by atoms with E-state index in [1.54, 1.807) is 11.3 Å². The molecule has 0 N–H and O–H groups in total. The number of benzene rings is 1. The van der Waals surface area contributed by atoms with Crippen LogP contribution in [0.2, 0.25) is 0 Å². The van der Waals surface area contributed by atoms with Crippen LogP contribution in [-0.2, 0) is 6.42 Å². The Bertz CT molecular complexity index is 729. The summed E-state index contributed by atoms with van der Waals surface area (Å²) in [5.41, 5.74) is 0.487. The van der Waals surface area contributed by atoms with Gasteiger partial charge in [-0.05, 0) is 35.2 Å². The molecule has 3 rings (SSSR count). The molecule has 0 unspecified atom stereocenters. The summed E-state index contributed by atoms with van der Waals surface area (Å²) >= 11 is 3.02. The molecule has 5 heteroatoms. The molecule has 19 heavy (non-hydrogen) atoms. The lowest BCUT2D eigenvalue weighted by Gasteiger charge is -2.00. The van der Waals surface area contributed by atoms with Crippen LogP contribution in [0.15, 0.2) is 35.7 Å². The second-order valence-corrected chi connectivity index (χ2v) is 6.14. The maximum Gasteiger partial charge on any atom is 0.177 e. The van der Waals surface area contributed by atoms with Gasteiger partial charge in [0.25, 0.3) is 0 Å². The van der Waals surface area contributed by atoms with E-state index in [1.165, 1.54) is 17.4 Å². The molecule has 0 spiro atoms. The van der Waals surface area contributed by atoms with Crippen molar-refractivity contribution in [2.75, 3.05) is 0 Å². The first-order chi connectivity index (χ1) is 9.13. The average molecular weight is 294 g/mol. The van der Waals surface area contributed by atoms with E-state index >= 15 is 0 Å². The maximum atomic E-state index is 13.1. The smallest absolute Gasteiger partial charge is 0.177 e. The van der Waals surface area contributed by atoms with E-state index in [0.29, 0.717) is 10.4 Å². The van der Waals surface area contributed by atoms with Gasteiger partial charge in [0.05, 0.1) is 4.88 Å². The first-order valence-corrected chi connectivity index (χ1v) is 7.27. The zero-order valence-corrected chi connectivity index (χ0v) is 11.3. The Morgan fingerprint density at radius 3 is 2.63 bits per heavy atom. The molecule has 1 aromatic carbocycles. The lowest BCUT2D eigenvalue weighted by Crippen LogP contribution is -2.02. The van der Waals surface area contributed by atoms with Crippen LogP contribution in [0.25, 0.3) is 9.40 Å². The maximum absolute atomic E-state index is 13.1. The third kappa shape index (κ3) is 2.43. The third-order valence-electron chi connectivity index (χ3n) is 2.76. The molecule has 1 nitrogen and oxygen atoms in total. The SMILES string of the molecule is O=C(Cc1ccc(F)c(F)c1)c1cc2sccc2s1. The van der Waals surface area contributed by atoms with E-state index < -0.39 is 11.6 Å². The molecular formula is C14H8F2OS2. The van der Waals surface area contributed by atoms with Crippen molar-refractivity contribution < 1.29 is 13.6 Å². The summed E-state index contributed by atoms with van der Waals surface area (Å²) in [6, 6.07) is 7.38. The largest absolute Gasteiger partial charge is 0.293 e. The van der Waals surface area contributed by atoms with Gasteiger partial charge in [0.15, 0.2) is 17.4 Å². The number of ketones is 1. The van der Waals surface area contributed by atoms with E-state index in [4.69, 9.17) is 0 Å². The van der Waals surface area contributed by atoms with Crippen molar-refractivity contribution in [2.45, 2.75) is 6.42 Å². The molecule has 96 valence electrons. The zero-order valence-electron chi connectivity index (χ0n) is 9.65. The highest BCUT2D eigenvalue weighted by Gasteiger charge is 2.13. The van der Waals surface area contributed by atoms with E-state index in [9.17, 15) is 13.6 Å². The third-order valence-corrected chi connectivity index (χ3v) is 4.90.